The van der Waals surface area contributed by atoms with Crippen LogP contribution in [-0.2, 0) is 11.2 Å². The van der Waals surface area contributed by atoms with Gasteiger partial charge >= 0.3 is 0 Å². The van der Waals surface area contributed by atoms with E-state index in [-0.39, 0.29) is 18.1 Å². The Morgan fingerprint density at radius 1 is 1.12 bits per heavy atom. The largest absolute Gasteiger partial charge is 0.507 e. The second-order valence-electron chi connectivity index (χ2n) is 5.12. The predicted octanol–water partition coefficient (Wildman–Crippen LogP) is 2.49. The van der Waals surface area contributed by atoms with Gasteiger partial charge in [0.05, 0.1) is 26.4 Å². The minimum Gasteiger partial charge on any atom is -0.507 e. The lowest BCUT2D eigenvalue weighted by molar-refractivity contribution is -0.120. The Morgan fingerprint density at radius 2 is 1.83 bits per heavy atom. The van der Waals surface area contributed by atoms with Crippen LogP contribution in [0.2, 0.25) is 0 Å². The van der Waals surface area contributed by atoms with E-state index in [9.17, 15) is 9.90 Å². The number of carbonyl (C=O) groups excluding carboxylic acids is 1. The van der Waals surface area contributed by atoms with Crippen LogP contribution in [0, 0.1) is 0 Å². The molecule has 24 heavy (non-hydrogen) atoms. The molecule has 0 atom stereocenters. The van der Waals surface area contributed by atoms with E-state index < -0.39 is 0 Å². The summed E-state index contributed by atoms with van der Waals surface area (Å²) in [6.45, 7) is 1.71. The standard InChI is InChI=1S/C18H20N2O4/c1-12(14-6-4-5-7-15(14)21)19-20-18(22)11-13-8-9-16(23-2)17(10-13)24-3/h4-10,21H,11H2,1-3H3,(H,20,22). The van der Waals surface area contributed by atoms with E-state index in [1.807, 2.05) is 0 Å². The molecule has 0 aromatic heterocycles. The number of phenols is 1. The SMILES string of the molecule is COc1ccc(CC(=O)NN=C(C)c2ccccc2O)cc1OC. The van der Waals surface area contributed by atoms with E-state index in [2.05, 4.69) is 10.5 Å². The lowest BCUT2D eigenvalue weighted by Crippen LogP contribution is -2.21. The van der Waals surface area contributed by atoms with Crippen molar-refractivity contribution >= 4 is 11.6 Å². The fraction of sp³-hybridized carbons (Fsp3) is 0.222. The molecular weight excluding hydrogens is 308 g/mol. The number of nitrogens with one attached hydrogen (secondary N) is 1. The zero-order chi connectivity index (χ0) is 17.5. The average Bonchev–Trinajstić information content (AvgIpc) is 2.60. The van der Waals surface area contributed by atoms with Gasteiger partial charge in [-0.05, 0) is 36.8 Å². The fourth-order valence-electron chi connectivity index (χ4n) is 2.20. The van der Waals surface area contributed by atoms with Gasteiger partial charge in [-0.15, -0.1) is 0 Å². The lowest BCUT2D eigenvalue weighted by atomic mass is 10.1. The van der Waals surface area contributed by atoms with Gasteiger partial charge in [-0.2, -0.15) is 5.10 Å². The number of hydrogen-bond acceptors (Lipinski definition) is 5. The predicted molar refractivity (Wildman–Crippen MR) is 91.7 cm³/mol. The summed E-state index contributed by atoms with van der Waals surface area (Å²) in [5, 5.41) is 13.8. The number of hydrazone groups is 1. The van der Waals surface area contributed by atoms with E-state index in [0.29, 0.717) is 22.8 Å². The fourth-order valence-corrected chi connectivity index (χ4v) is 2.20. The topological polar surface area (TPSA) is 80.2 Å². The molecule has 0 saturated carbocycles. The summed E-state index contributed by atoms with van der Waals surface area (Å²) in [7, 11) is 3.10. The summed E-state index contributed by atoms with van der Waals surface area (Å²) in [5.74, 6) is 1.02. The van der Waals surface area contributed by atoms with Crippen molar-refractivity contribution in [3.63, 3.8) is 0 Å². The van der Waals surface area contributed by atoms with Gasteiger partial charge in [0.1, 0.15) is 5.75 Å². The van der Waals surface area contributed by atoms with E-state index >= 15 is 0 Å². The van der Waals surface area contributed by atoms with Gasteiger partial charge in [0.15, 0.2) is 11.5 Å². The average molecular weight is 328 g/mol. The lowest BCUT2D eigenvalue weighted by Gasteiger charge is -2.09. The number of amides is 1. The molecule has 2 aromatic rings. The van der Waals surface area contributed by atoms with Crippen LogP contribution in [0.5, 0.6) is 17.2 Å². The molecule has 0 radical (unpaired) electrons. The van der Waals surface area contributed by atoms with Crippen molar-refractivity contribution in [3.05, 3.63) is 53.6 Å². The van der Waals surface area contributed by atoms with Gasteiger partial charge in [0.25, 0.3) is 0 Å². The van der Waals surface area contributed by atoms with Crippen LogP contribution in [0.4, 0.5) is 0 Å². The highest BCUT2D eigenvalue weighted by Crippen LogP contribution is 2.27. The number of carbonyl (C=O) groups is 1. The zero-order valence-electron chi connectivity index (χ0n) is 13.9. The van der Waals surface area contributed by atoms with Crippen LogP contribution >= 0.6 is 0 Å². The van der Waals surface area contributed by atoms with Crippen LogP contribution in [-0.4, -0.2) is 30.9 Å². The zero-order valence-corrected chi connectivity index (χ0v) is 13.9. The molecule has 0 aliphatic carbocycles. The summed E-state index contributed by atoms with van der Waals surface area (Å²) in [5.41, 5.74) is 4.36. The van der Waals surface area contributed by atoms with Crippen molar-refractivity contribution in [3.8, 4) is 17.2 Å². The number of phenolic OH excluding ortho intramolecular Hbond substituents is 1. The van der Waals surface area contributed by atoms with Crippen LogP contribution in [0.25, 0.3) is 0 Å². The Morgan fingerprint density at radius 3 is 2.50 bits per heavy atom. The number of rotatable bonds is 6. The number of nitrogens with zero attached hydrogens (tertiary/aromatic N) is 1. The number of methoxy groups -OCH3 is 2. The smallest absolute Gasteiger partial charge is 0.244 e. The van der Waals surface area contributed by atoms with E-state index in [1.165, 1.54) is 0 Å². The molecule has 0 aliphatic rings. The summed E-state index contributed by atoms with van der Waals surface area (Å²) in [6.07, 6.45) is 0.151. The molecule has 2 rings (SSSR count). The molecule has 0 bridgehead atoms. The maximum atomic E-state index is 12.0. The summed E-state index contributed by atoms with van der Waals surface area (Å²) in [6, 6.07) is 12.1. The molecular formula is C18H20N2O4. The molecule has 0 fully saturated rings. The highest BCUT2D eigenvalue weighted by molar-refractivity contribution is 6.01. The van der Waals surface area contributed by atoms with Crippen molar-refractivity contribution in [2.45, 2.75) is 13.3 Å². The molecule has 0 saturated heterocycles. The van der Waals surface area contributed by atoms with Gasteiger partial charge < -0.3 is 14.6 Å². The normalized spacial score (nSPS) is 11.0. The Labute approximate surface area is 140 Å². The van der Waals surface area contributed by atoms with Gasteiger partial charge in [0, 0.05) is 5.56 Å². The quantitative estimate of drug-likeness (QED) is 0.631. The monoisotopic (exact) mass is 328 g/mol. The van der Waals surface area contributed by atoms with Crippen LogP contribution in [0.15, 0.2) is 47.6 Å². The third-order valence-corrected chi connectivity index (χ3v) is 3.45. The van der Waals surface area contributed by atoms with Crippen LogP contribution in [0.3, 0.4) is 0 Å². The van der Waals surface area contributed by atoms with Crippen molar-refractivity contribution < 1.29 is 19.4 Å². The molecule has 6 heteroatoms. The molecule has 6 nitrogen and oxygen atoms in total. The Bertz CT molecular complexity index is 756. The molecule has 126 valence electrons. The highest BCUT2D eigenvalue weighted by atomic mass is 16.5. The Kier molecular flexibility index (Phi) is 5.78. The number of hydrogen-bond donors (Lipinski definition) is 2. The molecule has 2 N–H and O–H groups in total. The molecule has 0 aliphatic heterocycles. The molecule has 0 spiro atoms. The second kappa shape index (κ2) is 8.01. The first-order chi connectivity index (χ1) is 11.5. The van der Waals surface area contributed by atoms with Crippen LogP contribution < -0.4 is 14.9 Å². The van der Waals surface area contributed by atoms with Gasteiger partial charge in [-0.25, -0.2) is 5.43 Å². The highest BCUT2D eigenvalue weighted by Gasteiger charge is 2.09. The van der Waals surface area contributed by atoms with Gasteiger partial charge in [-0.3, -0.25) is 4.79 Å². The summed E-state index contributed by atoms with van der Waals surface area (Å²) in [4.78, 5) is 12.0. The third kappa shape index (κ3) is 4.25. The number of para-hydroxylation sites is 1. The Hall–Kier alpha value is -3.02. The minimum atomic E-state index is -0.267. The first-order valence-corrected chi connectivity index (χ1v) is 7.37. The molecule has 0 heterocycles. The van der Waals surface area contributed by atoms with E-state index in [4.69, 9.17) is 9.47 Å². The number of aromatic hydroxyl groups is 1. The van der Waals surface area contributed by atoms with E-state index in [0.717, 1.165) is 5.56 Å². The molecule has 0 unspecified atom stereocenters. The molecule has 2 aromatic carbocycles. The molecule has 1 amide bonds. The van der Waals surface area contributed by atoms with Crippen molar-refractivity contribution in [1.82, 2.24) is 5.43 Å². The number of benzene rings is 2. The second-order valence-corrected chi connectivity index (χ2v) is 5.12. The first-order valence-electron chi connectivity index (χ1n) is 7.37. The van der Waals surface area contributed by atoms with Crippen molar-refractivity contribution in [2.24, 2.45) is 5.10 Å². The van der Waals surface area contributed by atoms with Gasteiger partial charge in [0.2, 0.25) is 5.91 Å². The number of ether oxygens (including phenoxy) is 2. The maximum Gasteiger partial charge on any atom is 0.244 e. The van der Waals surface area contributed by atoms with Crippen LogP contribution in [0.1, 0.15) is 18.1 Å². The maximum absolute atomic E-state index is 12.0. The van der Waals surface area contributed by atoms with E-state index in [1.54, 1.807) is 63.6 Å². The summed E-state index contributed by atoms with van der Waals surface area (Å²) < 4.78 is 10.4. The van der Waals surface area contributed by atoms with Crippen molar-refractivity contribution in [1.29, 1.82) is 0 Å². The minimum absolute atomic E-state index is 0.118. The first kappa shape index (κ1) is 17.3. The van der Waals surface area contributed by atoms with Crippen molar-refractivity contribution in [2.75, 3.05) is 14.2 Å². The van der Waals surface area contributed by atoms with Gasteiger partial charge in [-0.1, -0.05) is 18.2 Å². The third-order valence-electron chi connectivity index (χ3n) is 3.45. The Balaban J connectivity index is 2.03. The summed E-state index contributed by atoms with van der Waals surface area (Å²) >= 11 is 0.